The van der Waals surface area contributed by atoms with Gasteiger partial charge in [0, 0.05) is 0 Å². The first-order valence-electron chi connectivity index (χ1n) is 0.548. The van der Waals surface area contributed by atoms with Crippen LogP contribution in [0.5, 0.6) is 0 Å². The summed E-state index contributed by atoms with van der Waals surface area (Å²) in [6, 6.07) is 0. The van der Waals surface area contributed by atoms with Gasteiger partial charge in [0.1, 0.15) is 0 Å². The van der Waals surface area contributed by atoms with Crippen molar-refractivity contribution in [3.8, 4) is 0 Å². The summed E-state index contributed by atoms with van der Waals surface area (Å²) in [6.07, 6.45) is 0. The van der Waals surface area contributed by atoms with E-state index in [4.69, 9.17) is 14.7 Å². The van der Waals surface area contributed by atoms with Gasteiger partial charge in [0.2, 0.25) is 0 Å². The summed E-state index contributed by atoms with van der Waals surface area (Å²) in [7, 11) is -3.37. The van der Waals surface area contributed by atoms with Crippen molar-refractivity contribution in [1.29, 1.82) is 0 Å². The van der Waals surface area contributed by atoms with E-state index < -0.39 is 8.60 Å². The van der Waals surface area contributed by atoms with Gasteiger partial charge in [-0.2, -0.15) is 0 Å². The molecule has 0 aromatic rings. The van der Waals surface area contributed by atoms with Crippen molar-refractivity contribution in [2.75, 3.05) is 0 Å². The predicted octanol–water partition coefficient (Wildman–Crippen LogP) is -2.71. The van der Waals surface area contributed by atoms with Crippen LogP contribution in [0.3, 0.4) is 0 Å². The third-order valence-electron chi connectivity index (χ3n) is 0. The van der Waals surface area contributed by atoms with Crippen LogP contribution >= 0.6 is 8.60 Å². The molecule has 0 radical (unpaired) electrons. The second kappa shape index (κ2) is 4.83. The Morgan fingerprint density at radius 2 is 1.00 bits per heavy atom. The minimum absolute atomic E-state index is 0. The van der Waals surface area contributed by atoms with Crippen molar-refractivity contribution in [3.63, 3.8) is 0 Å². The molecule has 0 aliphatic rings. The summed E-state index contributed by atoms with van der Waals surface area (Å²) < 4.78 is 0. The fourth-order valence-electron chi connectivity index (χ4n) is 0. The average molecular weight is 143 g/mol. The fraction of sp³-hybridized carbons (Fsp3) is 0. The Bertz CT molecular complexity index is 11.6. The maximum Gasteiger partial charge on any atom is 3.00 e. The van der Waals surface area contributed by atoms with Gasteiger partial charge in [-0.15, -0.1) is 0 Å². The molecule has 34 valence electrons. The second-order valence-corrected chi connectivity index (χ2v) is 0.671. The molecule has 5 heteroatoms. The molecule has 0 bridgehead atoms. The Balaban J connectivity index is 0. The molecule has 0 amide bonds. The minimum atomic E-state index is -3.37. The van der Waals surface area contributed by atoms with E-state index in [1.54, 1.807) is 0 Å². The molecule has 3 nitrogen and oxygen atoms in total. The van der Waals surface area contributed by atoms with Crippen LogP contribution in [0.15, 0.2) is 0 Å². The Morgan fingerprint density at radius 1 is 1.00 bits per heavy atom. The van der Waals surface area contributed by atoms with Crippen molar-refractivity contribution in [1.82, 2.24) is 0 Å². The number of hydrogen-bond acceptors (Lipinski definition) is 3. The van der Waals surface area contributed by atoms with E-state index in [9.17, 15) is 0 Å². The van der Waals surface area contributed by atoms with E-state index in [0.29, 0.717) is 0 Å². The molecule has 0 rings (SSSR count). The molecule has 0 aliphatic carbocycles. The van der Waals surface area contributed by atoms with Crippen LogP contribution in [-0.4, -0.2) is 0 Å². The summed E-state index contributed by atoms with van der Waals surface area (Å²) in [4.78, 5) is 25.4. The van der Waals surface area contributed by atoms with E-state index in [1.807, 2.05) is 0 Å². The number of hydrogen-bond donors (Lipinski definition) is 0. The summed E-state index contributed by atoms with van der Waals surface area (Å²) in [5.41, 5.74) is 0. The normalized spacial score (nSPS) is 7.20. The van der Waals surface area contributed by atoms with Crippen LogP contribution in [-0.2, 0) is 17.1 Å². The molecule has 0 aromatic heterocycles. The first-order chi connectivity index (χ1) is 1.73. The van der Waals surface area contributed by atoms with E-state index >= 15 is 0 Å². The molecule has 0 spiro atoms. The van der Waals surface area contributed by atoms with E-state index in [0.717, 1.165) is 0 Å². The standard InChI is InChI=1S/Cu.O3P/c;1-4(2)3/q+3;-3. The molecule has 0 heterocycles. The van der Waals surface area contributed by atoms with Gasteiger partial charge in [-0.05, 0) is 0 Å². The van der Waals surface area contributed by atoms with Crippen molar-refractivity contribution < 1.29 is 31.7 Å². The zero-order valence-corrected chi connectivity index (χ0v) is 3.81. The molecule has 0 saturated carbocycles. The Hall–Kier alpha value is 0.829. The topological polar surface area (TPSA) is 69.2 Å². The third-order valence-corrected chi connectivity index (χ3v) is 0. The smallest absolute Gasteiger partial charge is 0.854 e. The molecule has 5 heavy (non-hydrogen) atoms. The van der Waals surface area contributed by atoms with Crippen LogP contribution < -0.4 is 14.7 Å². The molecular formula is CuO3P. The van der Waals surface area contributed by atoms with Gasteiger partial charge in [-0.3, -0.25) is 0 Å². The summed E-state index contributed by atoms with van der Waals surface area (Å²) >= 11 is 0. The van der Waals surface area contributed by atoms with Crippen molar-refractivity contribution in [3.05, 3.63) is 0 Å². The van der Waals surface area contributed by atoms with Gasteiger partial charge in [0.15, 0.2) is 0 Å². The first-order valence-corrected chi connectivity index (χ1v) is 1.64. The van der Waals surface area contributed by atoms with Crippen LogP contribution in [0.1, 0.15) is 0 Å². The Labute approximate surface area is 41.1 Å². The molecule has 0 aliphatic heterocycles. The summed E-state index contributed by atoms with van der Waals surface area (Å²) in [5.74, 6) is 0. The maximum atomic E-state index is 8.48. The summed E-state index contributed by atoms with van der Waals surface area (Å²) in [5, 5.41) is 0. The Kier molecular flexibility index (Phi) is 8.96. The zero-order chi connectivity index (χ0) is 3.58. The van der Waals surface area contributed by atoms with Gasteiger partial charge < -0.3 is 23.3 Å². The molecule has 0 N–H and O–H groups in total. The molecule has 0 atom stereocenters. The molecule has 0 unspecified atom stereocenters. The minimum Gasteiger partial charge on any atom is -0.854 e. The first kappa shape index (κ1) is 9.27. The van der Waals surface area contributed by atoms with Gasteiger partial charge in [0.05, 0.1) is 0 Å². The predicted molar refractivity (Wildman–Crippen MR) is 6.92 cm³/mol. The van der Waals surface area contributed by atoms with Crippen molar-refractivity contribution in [2.45, 2.75) is 0 Å². The SMILES string of the molecule is [Cu+3].[O-]P([O-])[O-]. The largest absolute Gasteiger partial charge is 3.00 e. The molecule has 0 aromatic carbocycles. The van der Waals surface area contributed by atoms with E-state index in [1.165, 1.54) is 0 Å². The monoisotopic (exact) mass is 142 g/mol. The van der Waals surface area contributed by atoms with Gasteiger partial charge >= 0.3 is 17.1 Å². The average Bonchev–Trinajstić information content (AvgIpc) is 0.811. The number of rotatable bonds is 0. The second-order valence-electron chi connectivity index (χ2n) is 0.224. The zero-order valence-electron chi connectivity index (χ0n) is 1.97. The van der Waals surface area contributed by atoms with E-state index in [2.05, 4.69) is 0 Å². The third kappa shape index (κ3) is 56.2. The van der Waals surface area contributed by atoms with Crippen LogP contribution in [0.2, 0.25) is 0 Å². The van der Waals surface area contributed by atoms with Crippen LogP contribution in [0.25, 0.3) is 0 Å². The van der Waals surface area contributed by atoms with Crippen molar-refractivity contribution >= 4 is 8.60 Å². The maximum absolute atomic E-state index is 8.48. The van der Waals surface area contributed by atoms with Crippen molar-refractivity contribution in [2.24, 2.45) is 0 Å². The van der Waals surface area contributed by atoms with Crippen LogP contribution in [0.4, 0.5) is 0 Å². The fourth-order valence-corrected chi connectivity index (χ4v) is 0. The van der Waals surface area contributed by atoms with Crippen LogP contribution in [0, 0.1) is 0 Å². The Morgan fingerprint density at radius 3 is 1.00 bits per heavy atom. The molecule has 0 saturated heterocycles. The summed E-state index contributed by atoms with van der Waals surface area (Å²) in [6.45, 7) is 0. The van der Waals surface area contributed by atoms with Gasteiger partial charge in [-0.25, -0.2) is 0 Å². The van der Waals surface area contributed by atoms with Gasteiger partial charge in [0.25, 0.3) is 0 Å². The molecular weight excluding hydrogens is 143 g/mol. The van der Waals surface area contributed by atoms with E-state index in [-0.39, 0.29) is 17.1 Å². The van der Waals surface area contributed by atoms with Gasteiger partial charge in [-0.1, -0.05) is 0 Å². The quantitative estimate of drug-likeness (QED) is 0.273. The molecule has 0 fully saturated rings.